The van der Waals surface area contributed by atoms with E-state index in [4.69, 9.17) is 0 Å². The van der Waals surface area contributed by atoms with Gasteiger partial charge in [0.15, 0.2) is 0 Å². The summed E-state index contributed by atoms with van der Waals surface area (Å²) in [5.41, 5.74) is 1.11. The number of hydrogen-bond acceptors (Lipinski definition) is 0. The molecule has 0 N–H and O–H groups in total. The monoisotopic (exact) mass is 169 g/mol. The molecular weight excluding hydrogens is 158 g/mol. The van der Waals surface area contributed by atoms with Crippen LogP contribution in [0.15, 0.2) is 42.5 Å². The van der Waals surface area contributed by atoms with Crippen molar-refractivity contribution in [3.63, 3.8) is 0 Å². The number of rotatable bonds is 1. The first-order chi connectivity index (χ1) is 6.29. The molecule has 0 aliphatic heterocycles. The maximum Gasteiger partial charge on any atom is 0.0461 e. The number of benzene rings is 1. The van der Waals surface area contributed by atoms with Crippen LogP contribution in [0.4, 0.5) is 0 Å². The van der Waals surface area contributed by atoms with Crippen LogP contribution >= 0.6 is 0 Å². The van der Waals surface area contributed by atoms with Crippen LogP contribution in [0.1, 0.15) is 0 Å². The zero-order chi connectivity index (χ0) is 9.26. The van der Waals surface area contributed by atoms with Crippen molar-refractivity contribution in [2.24, 2.45) is 0 Å². The maximum absolute atomic E-state index is 3.94. The van der Waals surface area contributed by atoms with Gasteiger partial charge in [-0.15, -0.1) is 0 Å². The quantitative estimate of drug-likeness (QED) is 0.606. The second-order valence-corrected chi connectivity index (χ2v) is 2.99. The van der Waals surface area contributed by atoms with E-state index in [0.717, 1.165) is 16.4 Å². The van der Waals surface area contributed by atoms with Crippen LogP contribution in [0.3, 0.4) is 0 Å². The molecular formula is C12H11N. The van der Waals surface area contributed by atoms with Gasteiger partial charge in [-0.2, -0.15) is 0 Å². The summed E-state index contributed by atoms with van der Waals surface area (Å²) in [6.07, 6.45) is 0. The number of hydrogen-bond donors (Lipinski definition) is 0. The molecule has 0 atom stereocenters. The van der Waals surface area contributed by atoms with Crippen molar-refractivity contribution >= 4 is 13.2 Å². The zero-order valence-electron chi connectivity index (χ0n) is 7.40. The van der Waals surface area contributed by atoms with E-state index >= 15 is 0 Å². The van der Waals surface area contributed by atoms with Gasteiger partial charge in [0.1, 0.15) is 0 Å². The molecule has 0 aliphatic rings. The van der Waals surface area contributed by atoms with Crippen molar-refractivity contribution < 1.29 is 0 Å². The molecule has 1 heterocycles. The predicted molar refractivity (Wildman–Crippen MR) is 56.1 cm³/mol. The lowest BCUT2D eigenvalue weighted by molar-refractivity contribution is 1.00. The van der Waals surface area contributed by atoms with Crippen LogP contribution in [0, 0.1) is 0 Å². The van der Waals surface area contributed by atoms with E-state index in [2.05, 4.69) is 13.2 Å². The summed E-state index contributed by atoms with van der Waals surface area (Å²) in [6, 6.07) is 14.0. The third kappa shape index (κ3) is 1.29. The first kappa shape index (κ1) is 7.87. The second kappa shape index (κ2) is 2.94. The van der Waals surface area contributed by atoms with E-state index < -0.39 is 0 Å². The normalized spacial score (nSPS) is 10.2. The van der Waals surface area contributed by atoms with Gasteiger partial charge in [0.05, 0.1) is 0 Å². The van der Waals surface area contributed by atoms with Gasteiger partial charge in [-0.3, -0.25) is 0 Å². The number of nitrogens with zero attached hydrogens (tertiary/aromatic N) is 1. The Labute approximate surface area is 77.3 Å². The van der Waals surface area contributed by atoms with Gasteiger partial charge in [0.25, 0.3) is 0 Å². The molecule has 0 bridgehead atoms. The van der Waals surface area contributed by atoms with Crippen LogP contribution in [-0.4, -0.2) is 4.57 Å². The van der Waals surface area contributed by atoms with E-state index in [-0.39, 0.29) is 0 Å². The Bertz CT molecular complexity index is 466. The lowest BCUT2D eigenvalue weighted by atomic mass is 10.3. The van der Waals surface area contributed by atoms with Gasteiger partial charge < -0.3 is 4.57 Å². The third-order valence-corrected chi connectivity index (χ3v) is 2.06. The van der Waals surface area contributed by atoms with Crippen molar-refractivity contribution in [1.82, 2.24) is 4.57 Å². The molecule has 0 saturated heterocycles. The average molecular weight is 169 g/mol. The Balaban J connectivity index is 2.73. The summed E-state index contributed by atoms with van der Waals surface area (Å²) in [5, 5.41) is 1.94. The molecule has 0 spiro atoms. The Morgan fingerprint density at radius 3 is 1.85 bits per heavy atom. The summed E-state index contributed by atoms with van der Waals surface area (Å²) in [7, 11) is 0. The van der Waals surface area contributed by atoms with Crippen molar-refractivity contribution in [1.29, 1.82) is 0 Å². The summed E-state index contributed by atoms with van der Waals surface area (Å²) in [5.74, 6) is 0. The van der Waals surface area contributed by atoms with E-state index in [1.54, 1.807) is 0 Å². The van der Waals surface area contributed by atoms with Gasteiger partial charge in [-0.05, 0) is 24.3 Å². The number of aromatic nitrogens is 1. The SMILES string of the molecule is C=c1ccc(=C)n1-c1ccccc1. The van der Waals surface area contributed by atoms with Crippen LogP contribution in [-0.2, 0) is 0 Å². The lowest BCUT2D eigenvalue weighted by Gasteiger charge is -2.02. The zero-order valence-corrected chi connectivity index (χ0v) is 7.40. The Morgan fingerprint density at radius 1 is 0.769 bits per heavy atom. The molecule has 0 amide bonds. The van der Waals surface area contributed by atoms with Gasteiger partial charge in [0, 0.05) is 16.4 Å². The largest absolute Gasteiger partial charge is 0.312 e. The highest BCUT2D eigenvalue weighted by Gasteiger charge is 1.95. The molecule has 1 heteroatoms. The Hall–Kier alpha value is -1.76. The smallest absolute Gasteiger partial charge is 0.0461 e. The number of para-hydroxylation sites is 1. The van der Waals surface area contributed by atoms with Crippen LogP contribution < -0.4 is 10.7 Å². The summed E-state index contributed by atoms with van der Waals surface area (Å²) < 4.78 is 2.03. The fourth-order valence-corrected chi connectivity index (χ4v) is 1.43. The highest BCUT2D eigenvalue weighted by molar-refractivity contribution is 5.33. The minimum atomic E-state index is 0.969. The predicted octanol–water partition coefficient (Wildman–Crippen LogP) is 1.30. The minimum Gasteiger partial charge on any atom is -0.312 e. The highest BCUT2D eigenvalue weighted by atomic mass is 15.0. The Morgan fingerprint density at radius 2 is 1.31 bits per heavy atom. The molecule has 1 nitrogen and oxygen atoms in total. The van der Waals surface area contributed by atoms with E-state index in [1.165, 1.54) is 0 Å². The summed E-state index contributed by atoms with van der Waals surface area (Å²) in [6.45, 7) is 7.88. The van der Waals surface area contributed by atoms with Crippen LogP contribution in [0.2, 0.25) is 0 Å². The fourth-order valence-electron chi connectivity index (χ4n) is 1.43. The molecule has 13 heavy (non-hydrogen) atoms. The lowest BCUT2D eigenvalue weighted by Crippen LogP contribution is -2.22. The molecule has 0 fully saturated rings. The van der Waals surface area contributed by atoms with Gasteiger partial charge >= 0.3 is 0 Å². The maximum atomic E-state index is 3.94. The first-order valence-electron chi connectivity index (χ1n) is 4.20. The van der Waals surface area contributed by atoms with E-state index in [1.807, 2.05) is 47.0 Å². The van der Waals surface area contributed by atoms with Crippen LogP contribution in [0.5, 0.6) is 0 Å². The van der Waals surface area contributed by atoms with Gasteiger partial charge in [0.2, 0.25) is 0 Å². The highest BCUT2D eigenvalue weighted by Crippen LogP contribution is 1.99. The van der Waals surface area contributed by atoms with Gasteiger partial charge in [-0.25, -0.2) is 0 Å². The molecule has 2 rings (SSSR count). The van der Waals surface area contributed by atoms with Crippen LogP contribution in [0.25, 0.3) is 18.8 Å². The molecule has 1 aromatic heterocycles. The van der Waals surface area contributed by atoms with Crippen molar-refractivity contribution in [3.05, 3.63) is 53.2 Å². The average Bonchev–Trinajstić information content (AvgIpc) is 2.48. The van der Waals surface area contributed by atoms with Crippen molar-refractivity contribution in [2.75, 3.05) is 0 Å². The topological polar surface area (TPSA) is 4.93 Å². The fraction of sp³-hybridized carbons (Fsp3) is 0. The second-order valence-electron chi connectivity index (χ2n) is 2.99. The molecule has 0 unspecified atom stereocenters. The summed E-state index contributed by atoms with van der Waals surface area (Å²) >= 11 is 0. The van der Waals surface area contributed by atoms with Crippen molar-refractivity contribution in [3.8, 4) is 5.69 Å². The molecule has 0 radical (unpaired) electrons. The standard InChI is InChI=1S/C12H11N/c1-10-8-9-11(2)13(10)12-6-4-3-5-7-12/h3-9H,1-2H2. The first-order valence-corrected chi connectivity index (χ1v) is 4.20. The molecule has 64 valence electrons. The van der Waals surface area contributed by atoms with Gasteiger partial charge in [-0.1, -0.05) is 31.4 Å². The third-order valence-electron chi connectivity index (χ3n) is 2.06. The Kier molecular flexibility index (Phi) is 1.78. The molecule has 0 aliphatic carbocycles. The minimum absolute atomic E-state index is 0.969. The molecule has 0 saturated carbocycles. The van der Waals surface area contributed by atoms with Crippen molar-refractivity contribution in [2.45, 2.75) is 0 Å². The van der Waals surface area contributed by atoms with E-state index in [9.17, 15) is 0 Å². The molecule has 2 aromatic rings. The van der Waals surface area contributed by atoms with E-state index in [0.29, 0.717) is 0 Å². The summed E-state index contributed by atoms with van der Waals surface area (Å²) in [4.78, 5) is 0. The molecule has 1 aromatic carbocycles.